The van der Waals surface area contributed by atoms with Crippen molar-refractivity contribution < 1.29 is 19.4 Å². The monoisotopic (exact) mass is 470 g/mol. The lowest BCUT2D eigenvalue weighted by atomic mass is 9.67. The third-order valence-corrected chi connectivity index (χ3v) is 6.43. The minimum Gasteiger partial charge on any atom is -0.471 e. The van der Waals surface area contributed by atoms with E-state index in [1.807, 2.05) is 6.20 Å². The third-order valence-electron chi connectivity index (χ3n) is 6.43. The van der Waals surface area contributed by atoms with Crippen molar-refractivity contribution in [1.29, 1.82) is 5.26 Å². The predicted molar refractivity (Wildman–Crippen MR) is 129 cm³/mol. The van der Waals surface area contributed by atoms with Crippen molar-refractivity contribution in [1.82, 2.24) is 15.6 Å². The van der Waals surface area contributed by atoms with Crippen LogP contribution in [0, 0.1) is 22.7 Å². The van der Waals surface area contributed by atoms with Gasteiger partial charge in [0.2, 0.25) is 11.8 Å². The number of amides is 1. The highest BCUT2D eigenvalue weighted by molar-refractivity contribution is 5.77. The average molecular weight is 471 g/mol. The summed E-state index contributed by atoms with van der Waals surface area (Å²) < 4.78 is 11.2. The lowest BCUT2D eigenvalue weighted by molar-refractivity contribution is -0.126. The van der Waals surface area contributed by atoms with Gasteiger partial charge >= 0.3 is 0 Å². The molecule has 3 rings (SSSR count). The summed E-state index contributed by atoms with van der Waals surface area (Å²) >= 11 is 0. The molecule has 1 aromatic rings. The summed E-state index contributed by atoms with van der Waals surface area (Å²) in [4.78, 5) is 16.6. The number of hydrogen-bond acceptors (Lipinski definition) is 7. The zero-order chi connectivity index (χ0) is 24.9. The van der Waals surface area contributed by atoms with Crippen molar-refractivity contribution in [3.05, 3.63) is 36.0 Å². The molecule has 8 nitrogen and oxygen atoms in total. The van der Waals surface area contributed by atoms with Gasteiger partial charge < -0.3 is 25.2 Å². The Morgan fingerprint density at radius 1 is 1.47 bits per heavy atom. The van der Waals surface area contributed by atoms with Crippen LogP contribution in [0.25, 0.3) is 0 Å². The number of aromatic nitrogens is 1. The van der Waals surface area contributed by atoms with Gasteiger partial charge in [0.15, 0.2) is 0 Å². The van der Waals surface area contributed by atoms with Crippen LogP contribution in [-0.2, 0) is 16.0 Å². The van der Waals surface area contributed by atoms with Crippen LogP contribution in [-0.4, -0.2) is 54.0 Å². The molecule has 2 heterocycles. The molecule has 34 heavy (non-hydrogen) atoms. The summed E-state index contributed by atoms with van der Waals surface area (Å²) in [5, 5.41) is 26.5. The number of ether oxygens (including phenoxy) is 2. The summed E-state index contributed by atoms with van der Waals surface area (Å²) in [7, 11) is 1.46. The molecule has 0 bridgehead atoms. The Labute approximate surface area is 202 Å². The van der Waals surface area contributed by atoms with Gasteiger partial charge in [-0.05, 0) is 29.9 Å². The maximum Gasteiger partial charge on any atom is 0.246 e. The highest BCUT2D eigenvalue weighted by Crippen LogP contribution is 2.50. The van der Waals surface area contributed by atoms with Gasteiger partial charge in [0.25, 0.3) is 0 Å². The van der Waals surface area contributed by atoms with E-state index in [0.717, 1.165) is 17.5 Å². The molecule has 0 aromatic carbocycles. The fourth-order valence-electron chi connectivity index (χ4n) is 4.93. The number of fused-ring (bicyclic) bond motifs is 1. The highest BCUT2D eigenvalue weighted by atomic mass is 16.5. The van der Waals surface area contributed by atoms with E-state index in [0.29, 0.717) is 31.6 Å². The second-order valence-corrected chi connectivity index (χ2v) is 10.9. The smallest absolute Gasteiger partial charge is 0.246 e. The van der Waals surface area contributed by atoms with E-state index >= 15 is 0 Å². The van der Waals surface area contributed by atoms with E-state index in [2.05, 4.69) is 55.1 Å². The molecular weight excluding hydrogens is 432 g/mol. The fourth-order valence-corrected chi connectivity index (χ4v) is 4.93. The number of carbonyl (C=O) groups excluding carboxylic acids is 1. The molecule has 1 fully saturated rings. The van der Waals surface area contributed by atoms with Crippen LogP contribution in [0.1, 0.15) is 63.6 Å². The van der Waals surface area contributed by atoms with Gasteiger partial charge in [0.05, 0.1) is 24.1 Å². The Bertz CT molecular complexity index is 914. The van der Waals surface area contributed by atoms with Gasteiger partial charge in [-0.3, -0.25) is 4.79 Å². The molecule has 0 unspecified atom stereocenters. The summed E-state index contributed by atoms with van der Waals surface area (Å²) in [6.45, 7) is 10.5. The zero-order valence-corrected chi connectivity index (χ0v) is 20.8. The molecule has 1 saturated carbocycles. The number of aliphatic hydroxyl groups is 1. The third kappa shape index (κ3) is 6.56. The number of rotatable bonds is 10. The molecule has 8 heteroatoms. The molecule has 3 N–H and O–H groups in total. The minimum absolute atomic E-state index is 0.000854. The normalized spacial score (nSPS) is 25.3. The number of carbonyl (C=O) groups is 1. The number of aliphatic hydroxyl groups excluding tert-OH is 1. The SMILES string of the molecule is C=CC[C@H](NC(=O)COC)[C@H](O)CN[C@H]1C[C@]2(C[C@H](C#N)C2)Oc2ncc(CC(C)(C)C)cc21. The van der Waals surface area contributed by atoms with Gasteiger partial charge in [-0.1, -0.05) is 26.8 Å². The lowest BCUT2D eigenvalue weighted by Gasteiger charge is -2.49. The first-order valence-electron chi connectivity index (χ1n) is 12.0. The van der Waals surface area contributed by atoms with Gasteiger partial charge in [-0.2, -0.15) is 5.26 Å². The Kier molecular flexibility index (Phi) is 8.34. The van der Waals surface area contributed by atoms with Crippen molar-refractivity contribution in [2.24, 2.45) is 11.3 Å². The number of methoxy groups -OCH3 is 1. The topological polar surface area (TPSA) is 116 Å². The standard InChI is InChI=1S/C26H38N4O4/c1-6-7-20(30-23(32)16-33-5)22(31)15-28-21-12-26(10-18(11-26)13-27)34-24-19(21)8-17(14-29-24)9-25(2,3)4/h6,8,14,18,20-22,28,31H,1,7,9-12,15-16H2,2-5H3,(H,30,32)/t18-,20-,21-,22+,26+/m0/s1. The van der Waals surface area contributed by atoms with Crippen LogP contribution in [0.2, 0.25) is 0 Å². The van der Waals surface area contributed by atoms with E-state index in [4.69, 9.17) is 9.47 Å². The average Bonchev–Trinajstić information content (AvgIpc) is 2.74. The Morgan fingerprint density at radius 2 is 2.21 bits per heavy atom. The van der Waals surface area contributed by atoms with E-state index in [1.165, 1.54) is 7.11 Å². The maximum absolute atomic E-state index is 12.0. The summed E-state index contributed by atoms with van der Waals surface area (Å²) in [6, 6.07) is 3.93. The second-order valence-electron chi connectivity index (χ2n) is 10.9. The second kappa shape index (κ2) is 10.9. The van der Waals surface area contributed by atoms with Crippen LogP contribution >= 0.6 is 0 Å². The zero-order valence-electron chi connectivity index (χ0n) is 20.8. The minimum atomic E-state index is -0.819. The molecule has 186 valence electrons. The first-order valence-corrected chi connectivity index (χ1v) is 12.0. The lowest BCUT2D eigenvalue weighted by Crippen LogP contribution is -2.54. The fraction of sp³-hybridized carbons (Fsp3) is 0.654. The number of pyridine rings is 1. The van der Waals surface area contributed by atoms with Crippen molar-refractivity contribution in [2.45, 2.75) is 76.7 Å². The van der Waals surface area contributed by atoms with E-state index < -0.39 is 17.7 Å². The summed E-state index contributed by atoms with van der Waals surface area (Å²) in [5.41, 5.74) is 1.83. The van der Waals surface area contributed by atoms with Crippen LogP contribution in [0.4, 0.5) is 0 Å². The predicted octanol–water partition coefficient (Wildman–Crippen LogP) is 2.82. The van der Waals surface area contributed by atoms with E-state index in [1.54, 1.807) is 6.08 Å². The molecular formula is C26H38N4O4. The van der Waals surface area contributed by atoms with Crippen LogP contribution in [0.5, 0.6) is 5.88 Å². The molecule has 1 aliphatic heterocycles. The molecule has 1 aromatic heterocycles. The first kappa shape index (κ1) is 26.1. The Morgan fingerprint density at radius 3 is 2.82 bits per heavy atom. The largest absolute Gasteiger partial charge is 0.471 e. The molecule has 3 atom stereocenters. The Hall–Kier alpha value is -2.47. The van der Waals surface area contributed by atoms with E-state index in [-0.39, 0.29) is 36.4 Å². The van der Waals surface area contributed by atoms with Crippen molar-refractivity contribution in [3.63, 3.8) is 0 Å². The molecule has 1 amide bonds. The van der Waals surface area contributed by atoms with Gasteiger partial charge in [-0.15, -0.1) is 6.58 Å². The number of nitrogens with one attached hydrogen (secondary N) is 2. The number of hydrogen-bond donors (Lipinski definition) is 3. The molecule has 0 saturated heterocycles. The molecule has 1 spiro atoms. The Balaban J connectivity index is 1.77. The van der Waals surface area contributed by atoms with Crippen LogP contribution in [0.3, 0.4) is 0 Å². The maximum atomic E-state index is 12.0. The number of nitriles is 1. The molecule has 1 aliphatic carbocycles. The number of nitrogens with zero attached hydrogens (tertiary/aromatic N) is 2. The molecule has 2 aliphatic rings. The molecule has 0 radical (unpaired) electrons. The van der Waals surface area contributed by atoms with Crippen molar-refractivity contribution in [3.8, 4) is 11.9 Å². The van der Waals surface area contributed by atoms with Crippen molar-refractivity contribution in [2.75, 3.05) is 20.3 Å². The van der Waals surface area contributed by atoms with Gasteiger partial charge in [0, 0.05) is 50.7 Å². The summed E-state index contributed by atoms with van der Waals surface area (Å²) in [6.07, 6.45) is 6.13. The quantitative estimate of drug-likeness (QED) is 0.450. The summed E-state index contributed by atoms with van der Waals surface area (Å²) in [5.74, 6) is 0.320. The van der Waals surface area contributed by atoms with E-state index in [9.17, 15) is 15.2 Å². The first-order chi connectivity index (χ1) is 16.1. The van der Waals surface area contributed by atoms with Crippen LogP contribution in [0.15, 0.2) is 24.9 Å². The van der Waals surface area contributed by atoms with Crippen molar-refractivity contribution >= 4 is 5.91 Å². The van der Waals surface area contributed by atoms with Gasteiger partial charge in [0.1, 0.15) is 12.2 Å². The van der Waals surface area contributed by atoms with Gasteiger partial charge in [-0.25, -0.2) is 4.98 Å². The highest BCUT2D eigenvalue weighted by Gasteiger charge is 2.51. The van der Waals surface area contributed by atoms with Crippen LogP contribution < -0.4 is 15.4 Å².